The lowest BCUT2D eigenvalue weighted by atomic mass is 10.1. The van der Waals surface area contributed by atoms with E-state index in [9.17, 15) is 14.4 Å². The molecule has 2 amide bonds. The summed E-state index contributed by atoms with van der Waals surface area (Å²) in [6, 6.07) is 13.8. The van der Waals surface area contributed by atoms with Gasteiger partial charge < -0.3 is 20.1 Å². The molecule has 0 aliphatic carbocycles. The molecule has 7 nitrogen and oxygen atoms in total. The van der Waals surface area contributed by atoms with E-state index < -0.39 is 17.8 Å². The number of hydrogen-bond acceptors (Lipinski definition) is 6. The quantitative estimate of drug-likeness (QED) is 0.486. The second-order valence-corrected chi connectivity index (χ2v) is 7.58. The number of carbonyl (C=O) groups excluding carboxylic acids is 3. The molecule has 0 bridgehead atoms. The van der Waals surface area contributed by atoms with Crippen LogP contribution in [0.4, 0.5) is 11.4 Å². The molecule has 3 aromatic rings. The minimum atomic E-state index is -0.636. The van der Waals surface area contributed by atoms with Crippen molar-refractivity contribution in [3.05, 3.63) is 69.9 Å². The Bertz CT molecular complexity index is 1090. The number of rotatable bonds is 8. The average Bonchev–Trinajstić information content (AvgIpc) is 3.29. The van der Waals surface area contributed by atoms with E-state index in [1.165, 1.54) is 25.3 Å². The molecule has 2 N–H and O–H groups in total. The zero-order valence-corrected chi connectivity index (χ0v) is 18.1. The minimum Gasteiger partial charge on any atom is -0.465 e. The van der Waals surface area contributed by atoms with Crippen LogP contribution in [0.1, 0.15) is 10.4 Å². The number of hydrogen-bond donors (Lipinski definition) is 2. The van der Waals surface area contributed by atoms with Crippen LogP contribution in [-0.2, 0) is 19.1 Å². The number of benzene rings is 2. The number of thiophene rings is 1. The molecule has 1 aromatic heterocycles. The SMILES string of the molecule is COC(=O)c1cc(Cl)ccc1NC(=O)COCC(=O)Nc1cccc(-c2ccsc2)c1. The molecule has 0 spiro atoms. The number of ether oxygens (including phenoxy) is 2. The summed E-state index contributed by atoms with van der Waals surface area (Å²) < 4.78 is 9.87. The summed E-state index contributed by atoms with van der Waals surface area (Å²) in [5.74, 6) is -1.56. The van der Waals surface area contributed by atoms with Crippen LogP contribution >= 0.6 is 22.9 Å². The van der Waals surface area contributed by atoms with Gasteiger partial charge >= 0.3 is 5.97 Å². The molecule has 0 unspecified atom stereocenters. The molecule has 0 atom stereocenters. The largest absolute Gasteiger partial charge is 0.465 e. The Morgan fingerprint density at radius 2 is 1.74 bits per heavy atom. The highest BCUT2D eigenvalue weighted by molar-refractivity contribution is 7.08. The van der Waals surface area contributed by atoms with Gasteiger partial charge in [0.1, 0.15) is 13.2 Å². The van der Waals surface area contributed by atoms with Gasteiger partial charge in [0.25, 0.3) is 0 Å². The lowest BCUT2D eigenvalue weighted by Gasteiger charge is -2.11. The van der Waals surface area contributed by atoms with Crippen molar-refractivity contribution in [2.75, 3.05) is 31.0 Å². The summed E-state index contributed by atoms with van der Waals surface area (Å²) in [7, 11) is 1.23. The number of halogens is 1. The standard InChI is InChI=1S/C22H19ClN2O5S/c1-29-22(28)18-10-16(23)5-6-19(18)25-21(27)12-30-11-20(26)24-17-4-2-3-14(9-17)15-7-8-31-13-15/h2-10,13H,11-12H2,1H3,(H,24,26)(H,25,27). The Morgan fingerprint density at radius 3 is 2.45 bits per heavy atom. The van der Waals surface area contributed by atoms with Crippen molar-refractivity contribution in [1.29, 1.82) is 0 Å². The molecule has 0 aliphatic heterocycles. The third-order valence-electron chi connectivity index (χ3n) is 4.13. The molecule has 3 rings (SSSR count). The molecule has 0 fully saturated rings. The maximum absolute atomic E-state index is 12.1. The number of esters is 1. The molecule has 160 valence electrons. The van der Waals surface area contributed by atoms with Crippen LogP contribution in [0.5, 0.6) is 0 Å². The molecule has 0 saturated heterocycles. The Balaban J connectivity index is 1.49. The van der Waals surface area contributed by atoms with Gasteiger partial charge in [-0.3, -0.25) is 9.59 Å². The van der Waals surface area contributed by atoms with Crippen LogP contribution in [-0.4, -0.2) is 38.1 Å². The number of carbonyl (C=O) groups is 3. The van der Waals surface area contributed by atoms with E-state index in [0.717, 1.165) is 11.1 Å². The van der Waals surface area contributed by atoms with Crippen LogP contribution in [0.15, 0.2) is 59.3 Å². The van der Waals surface area contributed by atoms with E-state index in [4.69, 9.17) is 16.3 Å². The van der Waals surface area contributed by atoms with E-state index >= 15 is 0 Å². The highest BCUT2D eigenvalue weighted by Gasteiger charge is 2.15. The van der Waals surface area contributed by atoms with Gasteiger partial charge in [-0.1, -0.05) is 23.7 Å². The summed E-state index contributed by atoms with van der Waals surface area (Å²) in [5, 5.41) is 9.62. The monoisotopic (exact) mass is 458 g/mol. The van der Waals surface area contributed by atoms with Crippen LogP contribution in [0, 0.1) is 0 Å². The van der Waals surface area contributed by atoms with Crippen molar-refractivity contribution in [3.63, 3.8) is 0 Å². The third-order valence-corrected chi connectivity index (χ3v) is 5.05. The first-order valence-corrected chi connectivity index (χ1v) is 10.5. The summed E-state index contributed by atoms with van der Waals surface area (Å²) in [5.41, 5.74) is 3.04. The second kappa shape index (κ2) is 10.7. The lowest BCUT2D eigenvalue weighted by Crippen LogP contribution is -2.24. The molecule has 31 heavy (non-hydrogen) atoms. The fourth-order valence-electron chi connectivity index (χ4n) is 2.73. The van der Waals surface area contributed by atoms with Gasteiger partial charge in [-0.05, 0) is 58.3 Å². The highest BCUT2D eigenvalue weighted by Crippen LogP contribution is 2.25. The van der Waals surface area contributed by atoms with Crippen LogP contribution in [0.25, 0.3) is 11.1 Å². The summed E-state index contributed by atoms with van der Waals surface area (Å²) in [6.45, 7) is -0.674. The van der Waals surface area contributed by atoms with Crippen molar-refractivity contribution in [1.82, 2.24) is 0 Å². The minimum absolute atomic E-state index is 0.117. The molecule has 0 aliphatic rings. The molecule has 2 aromatic carbocycles. The maximum Gasteiger partial charge on any atom is 0.340 e. The number of nitrogens with one attached hydrogen (secondary N) is 2. The summed E-state index contributed by atoms with van der Waals surface area (Å²) in [6.07, 6.45) is 0. The summed E-state index contributed by atoms with van der Waals surface area (Å²) >= 11 is 7.48. The Morgan fingerprint density at radius 1 is 0.968 bits per heavy atom. The highest BCUT2D eigenvalue weighted by atomic mass is 35.5. The first kappa shape index (κ1) is 22.5. The number of methoxy groups -OCH3 is 1. The van der Waals surface area contributed by atoms with Gasteiger partial charge in [-0.15, -0.1) is 0 Å². The van der Waals surface area contributed by atoms with E-state index in [1.807, 2.05) is 35.0 Å². The molecular weight excluding hydrogens is 440 g/mol. The molecule has 0 radical (unpaired) electrons. The van der Waals surface area contributed by atoms with Gasteiger partial charge in [-0.25, -0.2) is 4.79 Å². The molecular formula is C22H19ClN2O5S. The van der Waals surface area contributed by atoms with Gasteiger partial charge in [0, 0.05) is 10.7 Å². The Hall–Kier alpha value is -3.20. The van der Waals surface area contributed by atoms with Crippen molar-refractivity contribution in [2.24, 2.45) is 0 Å². The third kappa shape index (κ3) is 6.39. The predicted molar refractivity (Wildman–Crippen MR) is 121 cm³/mol. The lowest BCUT2D eigenvalue weighted by molar-refractivity contribution is -0.125. The van der Waals surface area contributed by atoms with E-state index in [1.54, 1.807) is 17.4 Å². The number of amides is 2. The van der Waals surface area contributed by atoms with Crippen LogP contribution in [0.3, 0.4) is 0 Å². The van der Waals surface area contributed by atoms with E-state index in [2.05, 4.69) is 15.4 Å². The zero-order chi connectivity index (χ0) is 22.2. The number of anilines is 2. The van der Waals surface area contributed by atoms with Gasteiger partial charge in [0.15, 0.2) is 0 Å². The van der Waals surface area contributed by atoms with Crippen molar-refractivity contribution in [2.45, 2.75) is 0 Å². The Labute approximate surface area is 187 Å². The van der Waals surface area contributed by atoms with Crippen molar-refractivity contribution in [3.8, 4) is 11.1 Å². The van der Waals surface area contributed by atoms with Crippen molar-refractivity contribution < 1.29 is 23.9 Å². The predicted octanol–water partition coefficient (Wildman–Crippen LogP) is 4.45. The summed E-state index contributed by atoms with van der Waals surface area (Å²) in [4.78, 5) is 36.1. The molecule has 1 heterocycles. The van der Waals surface area contributed by atoms with Gasteiger partial charge in [0.2, 0.25) is 11.8 Å². The van der Waals surface area contributed by atoms with Crippen LogP contribution < -0.4 is 10.6 Å². The zero-order valence-electron chi connectivity index (χ0n) is 16.5. The fraction of sp³-hybridized carbons (Fsp3) is 0.136. The fourth-order valence-corrected chi connectivity index (χ4v) is 3.57. The van der Waals surface area contributed by atoms with Crippen LogP contribution in [0.2, 0.25) is 5.02 Å². The topological polar surface area (TPSA) is 93.7 Å². The molecule has 9 heteroatoms. The smallest absolute Gasteiger partial charge is 0.340 e. The van der Waals surface area contributed by atoms with Gasteiger partial charge in [0.05, 0.1) is 18.4 Å². The Kier molecular flexibility index (Phi) is 7.77. The van der Waals surface area contributed by atoms with E-state index in [-0.39, 0.29) is 24.5 Å². The maximum atomic E-state index is 12.1. The average molecular weight is 459 g/mol. The second-order valence-electron chi connectivity index (χ2n) is 6.36. The first-order valence-electron chi connectivity index (χ1n) is 9.14. The van der Waals surface area contributed by atoms with Crippen molar-refractivity contribution >= 4 is 52.1 Å². The van der Waals surface area contributed by atoms with E-state index in [0.29, 0.717) is 10.7 Å². The normalized spacial score (nSPS) is 10.4. The first-order chi connectivity index (χ1) is 15.0. The molecule has 0 saturated carbocycles. The van der Waals surface area contributed by atoms with Gasteiger partial charge in [-0.2, -0.15) is 11.3 Å².